The minimum Gasteiger partial charge on any atom is -0.325 e. The molecule has 1 aromatic carbocycles. The molecule has 0 bridgehead atoms. The van der Waals surface area contributed by atoms with E-state index in [1.54, 1.807) is 6.07 Å². The van der Waals surface area contributed by atoms with Gasteiger partial charge in [-0.2, -0.15) is 10.5 Å². The third kappa shape index (κ3) is 3.64. The molecule has 0 atom stereocenters. The topological polar surface area (TPSA) is 88.7 Å². The lowest BCUT2D eigenvalue weighted by atomic mass is 10.1. The van der Waals surface area contributed by atoms with Crippen LogP contribution < -0.4 is 10.6 Å². The first-order valence-electron chi connectivity index (χ1n) is 5.09. The molecule has 5 nitrogen and oxygen atoms in total. The van der Waals surface area contributed by atoms with Crippen molar-refractivity contribution in [2.75, 3.05) is 18.4 Å². The zero-order valence-electron chi connectivity index (χ0n) is 9.53. The SMILES string of the molecule is C#CCNCC(=O)Nc1ccc(C#N)c(C#N)c1. The summed E-state index contributed by atoms with van der Waals surface area (Å²) in [6.07, 6.45) is 5.03. The molecule has 0 saturated heterocycles. The number of hydrogen-bond acceptors (Lipinski definition) is 4. The van der Waals surface area contributed by atoms with Crippen LogP contribution in [0.4, 0.5) is 5.69 Å². The Hall–Kier alpha value is -2.81. The molecular formula is C13H10N4O. The highest BCUT2D eigenvalue weighted by Crippen LogP contribution is 2.14. The fraction of sp³-hybridized carbons (Fsp3) is 0.154. The minimum absolute atomic E-state index is 0.0894. The highest BCUT2D eigenvalue weighted by Gasteiger charge is 2.05. The van der Waals surface area contributed by atoms with Gasteiger partial charge in [0.1, 0.15) is 12.1 Å². The maximum absolute atomic E-state index is 11.5. The third-order valence-corrected chi connectivity index (χ3v) is 2.06. The Morgan fingerprint density at radius 2 is 2.00 bits per heavy atom. The molecule has 0 aliphatic rings. The summed E-state index contributed by atoms with van der Waals surface area (Å²) in [6.45, 7) is 0.399. The standard InChI is InChI=1S/C13H10N4O/c1-2-5-16-9-13(18)17-12-4-3-10(7-14)11(6-12)8-15/h1,3-4,6,16H,5,9H2,(H,17,18). The van der Waals surface area contributed by atoms with Crippen molar-refractivity contribution in [3.63, 3.8) is 0 Å². The van der Waals surface area contributed by atoms with Crippen LogP contribution in [0.3, 0.4) is 0 Å². The molecule has 5 heteroatoms. The summed E-state index contributed by atoms with van der Waals surface area (Å²) in [6, 6.07) is 8.31. The maximum atomic E-state index is 11.5. The summed E-state index contributed by atoms with van der Waals surface area (Å²) in [5.41, 5.74) is 0.978. The number of nitrogens with one attached hydrogen (secondary N) is 2. The summed E-state index contributed by atoms with van der Waals surface area (Å²) < 4.78 is 0. The number of terminal acetylenes is 1. The van der Waals surface area contributed by atoms with Crippen molar-refractivity contribution in [3.8, 4) is 24.5 Å². The van der Waals surface area contributed by atoms with Gasteiger partial charge in [-0.3, -0.25) is 10.1 Å². The van der Waals surface area contributed by atoms with Crippen molar-refractivity contribution >= 4 is 11.6 Å². The molecular weight excluding hydrogens is 228 g/mol. The molecule has 1 rings (SSSR count). The van der Waals surface area contributed by atoms with Gasteiger partial charge < -0.3 is 5.32 Å². The fourth-order valence-corrected chi connectivity index (χ4v) is 1.27. The van der Waals surface area contributed by atoms with Crippen LogP contribution in [0.1, 0.15) is 11.1 Å². The van der Waals surface area contributed by atoms with E-state index in [1.165, 1.54) is 12.1 Å². The number of carbonyl (C=O) groups is 1. The molecule has 0 heterocycles. The Morgan fingerprint density at radius 3 is 2.61 bits per heavy atom. The van der Waals surface area contributed by atoms with E-state index in [2.05, 4.69) is 16.6 Å². The lowest BCUT2D eigenvalue weighted by molar-refractivity contribution is -0.115. The maximum Gasteiger partial charge on any atom is 0.238 e. The summed E-state index contributed by atoms with van der Waals surface area (Å²) in [4.78, 5) is 11.5. The predicted molar refractivity (Wildman–Crippen MR) is 66.2 cm³/mol. The van der Waals surface area contributed by atoms with Crippen LogP contribution in [-0.2, 0) is 4.79 Å². The van der Waals surface area contributed by atoms with Crippen molar-refractivity contribution < 1.29 is 4.79 Å². The Balaban J connectivity index is 2.70. The molecule has 1 aromatic rings. The van der Waals surface area contributed by atoms with Gasteiger partial charge in [0, 0.05) is 5.69 Å². The van der Waals surface area contributed by atoms with Crippen LogP contribution in [0, 0.1) is 35.0 Å². The van der Waals surface area contributed by atoms with E-state index in [-0.39, 0.29) is 23.6 Å². The summed E-state index contributed by atoms with van der Waals surface area (Å²) in [7, 11) is 0. The van der Waals surface area contributed by atoms with E-state index in [1.807, 2.05) is 12.1 Å². The monoisotopic (exact) mass is 238 g/mol. The van der Waals surface area contributed by atoms with Gasteiger partial charge in [-0.15, -0.1) is 6.42 Å². The Labute approximate surface area is 105 Å². The number of anilines is 1. The summed E-state index contributed by atoms with van der Waals surface area (Å²) >= 11 is 0. The quantitative estimate of drug-likeness (QED) is 0.593. The lowest BCUT2D eigenvalue weighted by Gasteiger charge is -2.06. The molecule has 0 aromatic heterocycles. The number of nitriles is 2. The van der Waals surface area contributed by atoms with Gasteiger partial charge in [-0.25, -0.2) is 0 Å². The molecule has 2 N–H and O–H groups in total. The first-order valence-corrected chi connectivity index (χ1v) is 5.09. The van der Waals surface area contributed by atoms with Crippen LogP contribution in [0.15, 0.2) is 18.2 Å². The Bertz CT molecular complexity index is 572. The van der Waals surface area contributed by atoms with Crippen molar-refractivity contribution in [1.82, 2.24) is 5.32 Å². The van der Waals surface area contributed by atoms with Gasteiger partial charge >= 0.3 is 0 Å². The number of carbonyl (C=O) groups excluding carboxylic acids is 1. The first kappa shape index (κ1) is 13.3. The third-order valence-electron chi connectivity index (χ3n) is 2.06. The highest BCUT2D eigenvalue weighted by molar-refractivity contribution is 5.92. The van der Waals surface area contributed by atoms with E-state index in [0.29, 0.717) is 12.2 Å². The molecule has 88 valence electrons. The van der Waals surface area contributed by atoms with E-state index < -0.39 is 0 Å². The normalized spacial score (nSPS) is 8.72. The summed E-state index contributed by atoms with van der Waals surface area (Å²) in [5, 5.41) is 22.9. The van der Waals surface area contributed by atoms with Gasteiger partial charge in [0.05, 0.1) is 24.2 Å². The van der Waals surface area contributed by atoms with Gasteiger partial charge in [0.25, 0.3) is 0 Å². The van der Waals surface area contributed by atoms with Crippen molar-refractivity contribution in [2.24, 2.45) is 0 Å². The van der Waals surface area contributed by atoms with Crippen molar-refractivity contribution in [1.29, 1.82) is 10.5 Å². The zero-order valence-corrected chi connectivity index (χ0v) is 9.53. The lowest BCUT2D eigenvalue weighted by Crippen LogP contribution is -2.28. The van der Waals surface area contributed by atoms with E-state index in [9.17, 15) is 4.79 Å². The van der Waals surface area contributed by atoms with E-state index in [0.717, 1.165) is 0 Å². The highest BCUT2D eigenvalue weighted by atomic mass is 16.1. The second kappa shape index (κ2) is 6.70. The average Bonchev–Trinajstić information content (AvgIpc) is 2.39. The second-order valence-electron chi connectivity index (χ2n) is 3.34. The smallest absolute Gasteiger partial charge is 0.238 e. The van der Waals surface area contributed by atoms with Crippen molar-refractivity contribution in [2.45, 2.75) is 0 Å². The number of nitrogens with zero attached hydrogens (tertiary/aromatic N) is 2. The molecule has 0 unspecified atom stereocenters. The fourth-order valence-electron chi connectivity index (χ4n) is 1.27. The first-order chi connectivity index (χ1) is 8.71. The van der Waals surface area contributed by atoms with Gasteiger partial charge in [0.15, 0.2) is 0 Å². The van der Waals surface area contributed by atoms with E-state index >= 15 is 0 Å². The number of amides is 1. The number of benzene rings is 1. The average molecular weight is 238 g/mol. The van der Waals surface area contributed by atoms with Gasteiger partial charge in [0.2, 0.25) is 5.91 Å². The number of hydrogen-bond donors (Lipinski definition) is 2. The second-order valence-corrected chi connectivity index (χ2v) is 3.34. The van der Waals surface area contributed by atoms with Crippen LogP contribution in [0.5, 0.6) is 0 Å². The molecule has 18 heavy (non-hydrogen) atoms. The Kier molecular flexibility index (Phi) is 4.94. The van der Waals surface area contributed by atoms with Crippen molar-refractivity contribution in [3.05, 3.63) is 29.3 Å². The number of rotatable bonds is 4. The molecule has 1 amide bonds. The zero-order chi connectivity index (χ0) is 13.4. The van der Waals surface area contributed by atoms with Crippen LogP contribution in [-0.4, -0.2) is 19.0 Å². The molecule has 0 fully saturated rings. The summed E-state index contributed by atoms with van der Waals surface area (Å²) in [5.74, 6) is 2.09. The van der Waals surface area contributed by atoms with Gasteiger partial charge in [-0.05, 0) is 18.2 Å². The predicted octanol–water partition coefficient (Wildman–Crippen LogP) is 0.591. The molecule has 0 spiro atoms. The van der Waals surface area contributed by atoms with E-state index in [4.69, 9.17) is 16.9 Å². The molecule has 0 radical (unpaired) electrons. The molecule has 0 aliphatic carbocycles. The largest absolute Gasteiger partial charge is 0.325 e. The van der Waals surface area contributed by atoms with Gasteiger partial charge in [-0.1, -0.05) is 5.92 Å². The van der Waals surface area contributed by atoms with Crippen LogP contribution >= 0.6 is 0 Å². The molecule has 0 saturated carbocycles. The molecule has 0 aliphatic heterocycles. The minimum atomic E-state index is -0.265. The Morgan fingerprint density at radius 1 is 1.28 bits per heavy atom. The van der Waals surface area contributed by atoms with Crippen LogP contribution in [0.2, 0.25) is 0 Å². The van der Waals surface area contributed by atoms with Crippen LogP contribution in [0.25, 0.3) is 0 Å².